The molecule has 4 rings (SSSR count). The van der Waals surface area contributed by atoms with E-state index in [4.69, 9.17) is 11.8 Å². The van der Waals surface area contributed by atoms with Crippen LogP contribution in [-0.2, 0) is 10.0 Å². The Kier molecular flexibility index (Phi) is 4.96. The number of hydrogen-bond donors (Lipinski definition) is 1. The number of fused-ring (bicyclic) bond motifs is 1. The summed E-state index contributed by atoms with van der Waals surface area (Å²) in [6.07, 6.45) is -3.80. The molecule has 1 N–H and O–H groups in total. The number of halogens is 3. The van der Waals surface area contributed by atoms with Gasteiger partial charge in [0, 0.05) is 49.7 Å². The van der Waals surface area contributed by atoms with Gasteiger partial charge in [-0.2, -0.15) is 12.2 Å². The van der Waals surface area contributed by atoms with Gasteiger partial charge in [0.05, 0.1) is 10.6 Å². The molecule has 0 aliphatic carbocycles. The highest BCUT2D eigenvalue weighted by Crippen LogP contribution is 2.44. The van der Waals surface area contributed by atoms with Gasteiger partial charge in [0.15, 0.2) is 11.5 Å². The summed E-state index contributed by atoms with van der Waals surface area (Å²) < 4.78 is 61.7. The molecule has 2 aliphatic heterocycles. The van der Waals surface area contributed by atoms with Crippen molar-refractivity contribution >= 4 is 33.2 Å². The molecule has 7 nitrogen and oxygen atoms in total. The van der Waals surface area contributed by atoms with E-state index in [1.165, 1.54) is 18.2 Å². The topological polar surface area (TPSA) is 71.1 Å². The van der Waals surface area contributed by atoms with Gasteiger partial charge in [-0.3, -0.25) is 0 Å². The average Bonchev–Trinajstić information content (AvgIpc) is 3.01. The summed E-state index contributed by atoms with van der Waals surface area (Å²) >= 11 is 6.12. The van der Waals surface area contributed by atoms with Crippen molar-refractivity contribution in [2.24, 2.45) is 0 Å². The zero-order valence-electron chi connectivity index (χ0n) is 15.4. The highest BCUT2D eigenvalue weighted by Gasteiger charge is 2.43. The molecular formula is C18H18ClF2N3O4S. The minimum absolute atomic E-state index is 0.00497. The van der Waals surface area contributed by atoms with Gasteiger partial charge >= 0.3 is 6.29 Å². The fourth-order valence-electron chi connectivity index (χ4n) is 3.27. The summed E-state index contributed by atoms with van der Waals surface area (Å²) in [5, 5.41) is 3.25. The van der Waals surface area contributed by atoms with Crippen molar-refractivity contribution in [3.63, 3.8) is 0 Å². The normalized spacial score (nSPS) is 18.0. The molecule has 0 unspecified atom stereocenters. The lowest BCUT2D eigenvalue weighted by atomic mass is 10.1. The average molecular weight is 446 g/mol. The van der Waals surface area contributed by atoms with Crippen molar-refractivity contribution in [3.8, 4) is 11.5 Å². The van der Waals surface area contributed by atoms with Crippen LogP contribution in [0.5, 0.6) is 11.5 Å². The number of ether oxygens (including phenoxy) is 2. The fraction of sp³-hybridized carbons (Fsp3) is 0.333. The Labute approximate surface area is 171 Å². The first-order chi connectivity index (χ1) is 13.7. The van der Waals surface area contributed by atoms with Crippen LogP contribution < -0.4 is 23.5 Å². The molecule has 0 amide bonds. The molecule has 2 aliphatic rings. The maximum atomic E-state index is 13.2. The molecule has 0 bridgehead atoms. The van der Waals surface area contributed by atoms with Gasteiger partial charge < -0.3 is 19.7 Å². The molecule has 29 heavy (non-hydrogen) atoms. The summed E-state index contributed by atoms with van der Waals surface area (Å²) in [5.41, 5.74) is 1.70. The van der Waals surface area contributed by atoms with Crippen molar-refractivity contribution in [2.45, 2.75) is 18.1 Å². The summed E-state index contributed by atoms with van der Waals surface area (Å²) in [5.74, 6) is -0.490. The Morgan fingerprint density at radius 2 is 1.79 bits per heavy atom. The molecule has 1 saturated heterocycles. The number of piperazine rings is 1. The number of benzene rings is 2. The molecule has 0 radical (unpaired) electrons. The SMILES string of the molecule is Cc1ccc(S(=O)(=O)N(Cl)c2ccc3c(c2)OC(F)(F)O3)cc1N1CCNCC1. The molecule has 0 spiro atoms. The van der Waals surface area contributed by atoms with Crippen molar-refractivity contribution in [1.82, 2.24) is 5.32 Å². The van der Waals surface area contributed by atoms with Crippen LogP contribution in [0.2, 0.25) is 0 Å². The van der Waals surface area contributed by atoms with Crippen LogP contribution in [-0.4, -0.2) is 40.9 Å². The monoisotopic (exact) mass is 445 g/mol. The molecular weight excluding hydrogens is 428 g/mol. The zero-order valence-corrected chi connectivity index (χ0v) is 16.9. The number of nitrogens with one attached hydrogen (secondary N) is 1. The first-order valence-corrected chi connectivity index (χ1v) is 10.6. The zero-order chi connectivity index (χ0) is 20.8. The minimum Gasteiger partial charge on any atom is -0.395 e. The molecule has 0 atom stereocenters. The molecule has 2 aromatic carbocycles. The number of nitrogens with zero attached hydrogens (tertiary/aromatic N) is 2. The smallest absolute Gasteiger partial charge is 0.395 e. The Bertz CT molecular complexity index is 1050. The van der Waals surface area contributed by atoms with Crippen LogP contribution >= 0.6 is 11.8 Å². The maximum Gasteiger partial charge on any atom is 0.586 e. The van der Waals surface area contributed by atoms with E-state index in [9.17, 15) is 17.2 Å². The van der Waals surface area contributed by atoms with Crippen LogP contribution in [0.1, 0.15) is 5.56 Å². The van der Waals surface area contributed by atoms with Crippen LogP contribution in [0.25, 0.3) is 0 Å². The van der Waals surface area contributed by atoms with Gasteiger partial charge in [-0.1, -0.05) is 6.07 Å². The first kappa shape index (κ1) is 20.0. The Morgan fingerprint density at radius 1 is 1.10 bits per heavy atom. The van der Waals surface area contributed by atoms with E-state index in [0.717, 1.165) is 43.5 Å². The first-order valence-electron chi connectivity index (χ1n) is 8.85. The van der Waals surface area contributed by atoms with Gasteiger partial charge in [0.1, 0.15) is 0 Å². The molecule has 156 valence electrons. The Balaban J connectivity index is 1.65. The van der Waals surface area contributed by atoms with Gasteiger partial charge in [0.2, 0.25) is 0 Å². The van der Waals surface area contributed by atoms with Gasteiger partial charge in [-0.25, -0.2) is 0 Å². The molecule has 2 aromatic rings. The summed E-state index contributed by atoms with van der Waals surface area (Å²) in [4.78, 5) is 2.10. The van der Waals surface area contributed by atoms with Crippen LogP contribution in [0.3, 0.4) is 0 Å². The second-order valence-corrected chi connectivity index (χ2v) is 9.03. The van der Waals surface area contributed by atoms with Crippen LogP contribution in [0, 0.1) is 6.92 Å². The van der Waals surface area contributed by atoms with E-state index in [1.54, 1.807) is 12.1 Å². The van der Waals surface area contributed by atoms with E-state index in [2.05, 4.69) is 19.7 Å². The van der Waals surface area contributed by atoms with Crippen molar-refractivity contribution in [3.05, 3.63) is 42.0 Å². The molecule has 0 aromatic heterocycles. The van der Waals surface area contributed by atoms with Crippen LogP contribution in [0.4, 0.5) is 20.2 Å². The predicted molar refractivity (Wildman–Crippen MR) is 104 cm³/mol. The number of hydrogen-bond acceptors (Lipinski definition) is 6. The largest absolute Gasteiger partial charge is 0.586 e. The molecule has 11 heteroatoms. The lowest BCUT2D eigenvalue weighted by Crippen LogP contribution is -2.43. The second-order valence-electron chi connectivity index (χ2n) is 6.70. The highest BCUT2D eigenvalue weighted by atomic mass is 35.5. The summed E-state index contributed by atoms with van der Waals surface area (Å²) in [6.45, 7) is 5.03. The van der Waals surface area contributed by atoms with Crippen molar-refractivity contribution in [1.29, 1.82) is 0 Å². The third kappa shape index (κ3) is 3.79. The number of rotatable bonds is 4. The minimum atomic E-state index is -4.14. The third-order valence-electron chi connectivity index (χ3n) is 4.74. The molecule has 2 heterocycles. The van der Waals surface area contributed by atoms with E-state index in [-0.39, 0.29) is 22.1 Å². The summed E-state index contributed by atoms with van der Waals surface area (Å²) in [7, 11) is -4.14. The lowest BCUT2D eigenvalue weighted by molar-refractivity contribution is -0.286. The quantitative estimate of drug-likeness (QED) is 0.729. The van der Waals surface area contributed by atoms with E-state index in [1.807, 2.05) is 6.92 Å². The molecule has 1 fully saturated rings. The fourth-order valence-corrected chi connectivity index (χ4v) is 4.70. The Hall–Kier alpha value is -2.30. The number of anilines is 2. The second kappa shape index (κ2) is 7.19. The van der Waals surface area contributed by atoms with Crippen LogP contribution in [0.15, 0.2) is 41.3 Å². The third-order valence-corrected chi connectivity index (χ3v) is 6.96. The highest BCUT2D eigenvalue weighted by molar-refractivity contribution is 7.94. The predicted octanol–water partition coefficient (Wildman–Crippen LogP) is 3.08. The van der Waals surface area contributed by atoms with E-state index in [0.29, 0.717) is 3.82 Å². The van der Waals surface area contributed by atoms with Crippen molar-refractivity contribution in [2.75, 3.05) is 34.9 Å². The van der Waals surface area contributed by atoms with Gasteiger partial charge in [-0.05, 0) is 36.8 Å². The van der Waals surface area contributed by atoms with E-state index < -0.39 is 16.3 Å². The number of aryl methyl sites for hydroxylation is 1. The maximum absolute atomic E-state index is 13.2. The lowest BCUT2D eigenvalue weighted by Gasteiger charge is -2.31. The van der Waals surface area contributed by atoms with Gasteiger partial charge in [-0.15, -0.1) is 8.78 Å². The van der Waals surface area contributed by atoms with Crippen molar-refractivity contribution < 1.29 is 26.7 Å². The van der Waals surface area contributed by atoms with E-state index >= 15 is 0 Å². The van der Waals surface area contributed by atoms with Gasteiger partial charge in [0.25, 0.3) is 10.0 Å². The summed E-state index contributed by atoms with van der Waals surface area (Å²) in [6, 6.07) is 8.29. The standard InChI is InChI=1S/C18H18ClF2N3O4S/c1-12-2-4-14(11-15(12)23-8-6-22-7-9-23)29(25,26)24(19)13-3-5-16-17(10-13)28-18(20,21)27-16/h2-5,10-11,22H,6-9H2,1H3. The number of sulfonamides is 1. The molecule has 0 saturated carbocycles. The number of alkyl halides is 2. The Morgan fingerprint density at radius 3 is 2.52 bits per heavy atom.